The highest BCUT2D eigenvalue weighted by Crippen LogP contribution is 2.25. The minimum atomic E-state index is -0.518. The van der Waals surface area contributed by atoms with Gasteiger partial charge in [-0.3, -0.25) is 0 Å². The molecular weight excluding hydrogens is 241 g/mol. The number of H-pyrrole nitrogens is 1. The third-order valence-electron chi connectivity index (χ3n) is 2.96. The Balaban J connectivity index is 2.01. The molecule has 0 amide bonds. The first-order valence-electron chi connectivity index (χ1n) is 5.81. The fourth-order valence-corrected chi connectivity index (χ4v) is 2.03. The minimum Gasteiger partial charge on any atom is -0.361 e. The van der Waals surface area contributed by atoms with Gasteiger partial charge in [0.05, 0.1) is 5.69 Å². The average Bonchev–Trinajstić information content (AvgIpc) is 2.86. The van der Waals surface area contributed by atoms with Gasteiger partial charge in [-0.15, -0.1) is 0 Å². The molecule has 0 saturated carbocycles. The smallest absolute Gasteiger partial charge is 0.143 e. The van der Waals surface area contributed by atoms with Gasteiger partial charge >= 0.3 is 0 Å². The highest BCUT2D eigenvalue weighted by atomic mass is 19.1. The number of hydrogen-bond acceptors (Lipinski definition) is 2. The SMILES string of the molecule is N#Cc1c(F)cccc1Nc1ccc2[nH]ccc2c1. The molecule has 92 valence electrons. The summed E-state index contributed by atoms with van der Waals surface area (Å²) in [5.41, 5.74) is 2.34. The van der Waals surface area contributed by atoms with Crippen molar-refractivity contribution in [3.05, 3.63) is 60.0 Å². The van der Waals surface area contributed by atoms with Crippen LogP contribution in [0.5, 0.6) is 0 Å². The van der Waals surface area contributed by atoms with Crippen LogP contribution in [0.15, 0.2) is 48.7 Å². The van der Waals surface area contributed by atoms with E-state index in [1.807, 2.05) is 36.5 Å². The summed E-state index contributed by atoms with van der Waals surface area (Å²) in [7, 11) is 0. The third kappa shape index (κ3) is 2.02. The van der Waals surface area contributed by atoms with Gasteiger partial charge in [0, 0.05) is 22.8 Å². The van der Waals surface area contributed by atoms with Crippen LogP contribution in [0.25, 0.3) is 10.9 Å². The van der Waals surface area contributed by atoms with Crippen LogP contribution in [0.2, 0.25) is 0 Å². The number of fused-ring (bicyclic) bond motifs is 1. The van der Waals surface area contributed by atoms with Crippen molar-refractivity contribution in [2.75, 3.05) is 5.32 Å². The first-order valence-corrected chi connectivity index (χ1v) is 5.81. The predicted molar refractivity (Wildman–Crippen MR) is 72.7 cm³/mol. The number of benzene rings is 2. The molecule has 2 N–H and O–H groups in total. The number of aromatic nitrogens is 1. The molecule has 3 aromatic rings. The van der Waals surface area contributed by atoms with Crippen LogP contribution < -0.4 is 5.32 Å². The van der Waals surface area contributed by atoms with E-state index in [9.17, 15) is 4.39 Å². The van der Waals surface area contributed by atoms with Crippen LogP contribution in [0, 0.1) is 17.1 Å². The van der Waals surface area contributed by atoms with Crippen molar-refractivity contribution in [3.8, 4) is 6.07 Å². The molecule has 0 unspecified atom stereocenters. The molecular formula is C15H10FN3. The molecule has 1 heterocycles. The molecule has 1 aromatic heterocycles. The molecule has 0 aliphatic heterocycles. The Hall–Kier alpha value is -2.80. The summed E-state index contributed by atoms with van der Waals surface area (Å²) >= 11 is 0. The van der Waals surface area contributed by atoms with Crippen molar-refractivity contribution < 1.29 is 4.39 Å². The molecule has 4 heteroatoms. The summed E-state index contributed by atoms with van der Waals surface area (Å²) in [4.78, 5) is 3.10. The molecule has 0 radical (unpaired) electrons. The fourth-order valence-electron chi connectivity index (χ4n) is 2.03. The summed E-state index contributed by atoms with van der Waals surface area (Å²) in [6, 6.07) is 14.1. The van der Waals surface area contributed by atoms with Crippen LogP contribution in [-0.4, -0.2) is 4.98 Å². The highest BCUT2D eigenvalue weighted by Gasteiger charge is 2.07. The second kappa shape index (κ2) is 4.46. The van der Waals surface area contributed by atoms with E-state index in [2.05, 4.69) is 10.3 Å². The van der Waals surface area contributed by atoms with E-state index < -0.39 is 5.82 Å². The summed E-state index contributed by atoms with van der Waals surface area (Å²) in [5, 5.41) is 13.1. The van der Waals surface area contributed by atoms with Gasteiger partial charge < -0.3 is 10.3 Å². The van der Waals surface area contributed by atoms with Crippen molar-refractivity contribution in [1.82, 2.24) is 4.98 Å². The maximum Gasteiger partial charge on any atom is 0.143 e. The van der Waals surface area contributed by atoms with Gasteiger partial charge in [-0.2, -0.15) is 5.26 Å². The van der Waals surface area contributed by atoms with Crippen LogP contribution in [0.4, 0.5) is 15.8 Å². The standard InChI is InChI=1S/C15H10FN3/c16-13-2-1-3-15(12(13)9-17)19-11-4-5-14-10(8-11)6-7-18-14/h1-8,18-19H. The van der Waals surface area contributed by atoms with E-state index in [1.165, 1.54) is 6.07 Å². The molecule has 0 bridgehead atoms. The number of rotatable bonds is 2. The number of halogens is 1. The largest absolute Gasteiger partial charge is 0.361 e. The topological polar surface area (TPSA) is 51.6 Å². The van der Waals surface area contributed by atoms with E-state index >= 15 is 0 Å². The van der Waals surface area contributed by atoms with Crippen LogP contribution in [0.1, 0.15) is 5.56 Å². The Morgan fingerprint density at radius 1 is 1.16 bits per heavy atom. The summed E-state index contributed by atoms with van der Waals surface area (Å²) in [6.07, 6.45) is 1.86. The maximum atomic E-state index is 13.5. The van der Waals surface area contributed by atoms with E-state index in [4.69, 9.17) is 5.26 Å². The Kier molecular flexibility index (Phi) is 2.66. The van der Waals surface area contributed by atoms with E-state index in [-0.39, 0.29) is 5.56 Å². The summed E-state index contributed by atoms with van der Waals surface area (Å²) in [5.74, 6) is -0.518. The lowest BCUT2D eigenvalue weighted by Crippen LogP contribution is -1.95. The van der Waals surface area contributed by atoms with Gasteiger partial charge in [-0.1, -0.05) is 6.07 Å². The van der Waals surface area contributed by atoms with Crippen molar-refractivity contribution >= 4 is 22.3 Å². The number of nitrogens with one attached hydrogen (secondary N) is 2. The number of nitrogens with zero attached hydrogens (tertiary/aromatic N) is 1. The lowest BCUT2D eigenvalue weighted by atomic mass is 10.1. The minimum absolute atomic E-state index is 0.0247. The predicted octanol–water partition coefficient (Wildman–Crippen LogP) is 3.92. The second-order valence-corrected chi connectivity index (χ2v) is 4.18. The van der Waals surface area contributed by atoms with Gasteiger partial charge in [0.2, 0.25) is 0 Å². The number of aromatic amines is 1. The Morgan fingerprint density at radius 3 is 2.89 bits per heavy atom. The molecule has 0 atom stereocenters. The van der Waals surface area contributed by atoms with Crippen molar-refractivity contribution in [3.63, 3.8) is 0 Å². The Bertz CT molecular complexity index is 783. The second-order valence-electron chi connectivity index (χ2n) is 4.18. The van der Waals surface area contributed by atoms with E-state index in [0.29, 0.717) is 5.69 Å². The van der Waals surface area contributed by atoms with Gasteiger partial charge in [0.1, 0.15) is 17.4 Å². The molecule has 0 aliphatic rings. The third-order valence-corrected chi connectivity index (χ3v) is 2.96. The molecule has 0 spiro atoms. The first-order chi connectivity index (χ1) is 9.28. The molecule has 3 rings (SSSR count). The molecule has 19 heavy (non-hydrogen) atoms. The Morgan fingerprint density at radius 2 is 2.05 bits per heavy atom. The lowest BCUT2D eigenvalue weighted by Gasteiger charge is -2.08. The number of anilines is 2. The molecule has 3 nitrogen and oxygen atoms in total. The molecule has 0 fully saturated rings. The monoisotopic (exact) mass is 251 g/mol. The fraction of sp³-hybridized carbons (Fsp3) is 0. The zero-order valence-electron chi connectivity index (χ0n) is 9.94. The molecule has 0 saturated heterocycles. The zero-order valence-corrected chi connectivity index (χ0v) is 9.94. The van der Waals surface area contributed by atoms with Gasteiger partial charge in [-0.25, -0.2) is 4.39 Å². The first kappa shape index (κ1) is 11.3. The summed E-state index contributed by atoms with van der Waals surface area (Å²) < 4.78 is 13.5. The van der Waals surface area contributed by atoms with Crippen LogP contribution in [-0.2, 0) is 0 Å². The number of nitriles is 1. The average molecular weight is 251 g/mol. The molecule has 2 aromatic carbocycles. The van der Waals surface area contributed by atoms with Crippen molar-refractivity contribution in [2.45, 2.75) is 0 Å². The van der Waals surface area contributed by atoms with Gasteiger partial charge in [0.15, 0.2) is 0 Å². The Labute approximate surface area is 109 Å². The van der Waals surface area contributed by atoms with Gasteiger partial charge in [-0.05, 0) is 36.4 Å². The zero-order chi connectivity index (χ0) is 13.2. The summed E-state index contributed by atoms with van der Waals surface area (Å²) in [6.45, 7) is 0. The van der Waals surface area contributed by atoms with Gasteiger partial charge in [0.25, 0.3) is 0 Å². The normalized spacial score (nSPS) is 10.3. The quantitative estimate of drug-likeness (QED) is 0.725. The van der Waals surface area contributed by atoms with E-state index in [0.717, 1.165) is 16.6 Å². The molecule has 0 aliphatic carbocycles. The van der Waals surface area contributed by atoms with E-state index in [1.54, 1.807) is 12.1 Å². The van der Waals surface area contributed by atoms with Crippen molar-refractivity contribution in [2.24, 2.45) is 0 Å². The van der Waals surface area contributed by atoms with Crippen molar-refractivity contribution in [1.29, 1.82) is 5.26 Å². The van der Waals surface area contributed by atoms with Crippen LogP contribution >= 0.6 is 0 Å². The lowest BCUT2D eigenvalue weighted by molar-refractivity contribution is 0.624. The number of hydrogen-bond donors (Lipinski definition) is 2. The maximum absolute atomic E-state index is 13.5. The highest BCUT2D eigenvalue weighted by molar-refractivity contribution is 5.84. The van der Waals surface area contributed by atoms with Crippen LogP contribution in [0.3, 0.4) is 0 Å².